The first-order chi connectivity index (χ1) is 7.66. The van der Waals surface area contributed by atoms with E-state index in [1.807, 2.05) is 12.1 Å². The molecule has 2 aromatic rings. The number of nitrogens with zero attached hydrogens (tertiary/aromatic N) is 2. The zero-order valence-electron chi connectivity index (χ0n) is 8.18. The number of aromatic amines is 1. The molecule has 5 nitrogen and oxygen atoms in total. The second kappa shape index (κ2) is 4.54. The van der Waals surface area contributed by atoms with Crippen LogP contribution in [-0.4, -0.2) is 14.9 Å². The summed E-state index contributed by atoms with van der Waals surface area (Å²) in [4.78, 5) is 0. The van der Waals surface area contributed by atoms with Crippen LogP contribution in [0.3, 0.4) is 0 Å². The zero-order chi connectivity index (χ0) is 11.5. The van der Waals surface area contributed by atoms with Crippen LogP contribution >= 0.6 is 23.8 Å². The van der Waals surface area contributed by atoms with Crippen molar-refractivity contribution in [2.24, 2.45) is 0 Å². The third-order valence-electron chi connectivity index (χ3n) is 1.95. The van der Waals surface area contributed by atoms with Crippen molar-refractivity contribution in [3.63, 3.8) is 0 Å². The maximum Gasteiger partial charge on any atom is 0.335 e. The Labute approximate surface area is 102 Å². The van der Waals surface area contributed by atoms with Crippen LogP contribution in [-0.2, 0) is 6.61 Å². The predicted octanol–water partition coefficient (Wildman–Crippen LogP) is 1.89. The maximum atomic E-state index is 5.76. The first kappa shape index (κ1) is 11.0. The quantitative estimate of drug-likeness (QED) is 0.650. The van der Waals surface area contributed by atoms with Gasteiger partial charge in [0.2, 0.25) is 4.77 Å². The van der Waals surface area contributed by atoms with Gasteiger partial charge in [0.1, 0.15) is 6.61 Å². The van der Waals surface area contributed by atoms with Crippen LogP contribution in [0.2, 0.25) is 5.02 Å². The van der Waals surface area contributed by atoms with Gasteiger partial charge in [-0.1, -0.05) is 23.7 Å². The van der Waals surface area contributed by atoms with Gasteiger partial charge in [-0.05, 0) is 29.9 Å². The highest BCUT2D eigenvalue weighted by molar-refractivity contribution is 7.71. The molecule has 84 valence electrons. The van der Waals surface area contributed by atoms with E-state index < -0.39 is 0 Å². The Bertz CT molecular complexity index is 533. The highest BCUT2D eigenvalue weighted by Crippen LogP contribution is 2.11. The molecule has 0 saturated heterocycles. The largest absolute Gasteiger partial charge is 0.458 e. The first-order valence-corrected chi connectivity index (χ1v) is 5.25. The fourth-order valence-corrected chi connectivity index (χ4v) is 1.37. The smallest absolute Gasteiger partial charge is 0.335 e. The topological polar surface area (TPSA) is 68.9 Å². The minimum atomic E-state index is 0.250. The molecule has 0 bridgehead atoms. The van der Waals surface area contributed by atoms with E-state index in [1.165, 1.54) is 4.68 Å². The molecule has 0 spiro atoms. The van der Waals surface area contributed by atoms with Gasteiger partial charge in [-0.2, -0.15) is 4.68 Å². The molecule has 1 aromatic heterocycles. The van der Waals surface area contributed by atoms with Gasteiger partial charge in [0.15, 0.2) is 0 Å². The molecule has 0 radical (unpaired) electrons. The standard InChI is InChI=1S/C9H9ClN4OS/c10-7-3-1-6(2-4-7)5-15-8-12-13-9(16)14(8)11/h1-4H,5,11H2,(H,13,16). The molecular weight excluding hydrogens is 248 g/mol. The van der Waals surface area contributed by atoms with Crippen LogP contribution in [0, 0.1) is 4.77 Å². The number of ether oxygens (including phenoxy) is 1. The molecule has 0 aliphatic heterocycles. The van der Waals surface area contributed by atoms with E-state index in [9.17, 15) is 0 Å². The lowest BCUT2D eigenvalue weighted by molar-refractivity contribution is 0.272. The molecule has 0 saturated carbocycles. The van der Waals surface area contributed by atoms with Crippen LogP contribution in [0.1, 0.15) is 5.56 Å². The molecule has 0 unspecified atom stereocenters. The number of nitrogens with two attached hydrogens (primary N) is 1. The number of aromatic nitrogens is 3. The van der Waals surface area contributed by atoms with Crippen molar-refractivity contribution in [1.82, 2.24) is 14.9 Å². The summed E-state index contributed by atoms with van der Waals surface area (Å²) in [5.41, 5.74) is 0.971. The molecule has 1 heterocycles. The van der Waals surface area contributed by atoms with Gasteiger partial charge in [0, 0.05) is 5.02 Å². The number of halogens is 1. The molecule has 0 amide bonds. The number of benzene rings is 1. The van der Waals surface area contributed by atoms with Gasteiger partial charge >= 0.3 is 6.01 Å². The summed E-state index contributed by atoms with van der Waals surface area (Å²) in [5, 5.41) is 7.03. The lowest BCUT2D eigenvalue weighted by Crippen LogP contribution is -2.11. The van der Waals surface area contributed by atoms with Crippen LogP contribution in [0.25, 0.3) is 0 Å². The summed E-state index contributed by atoms with van der Waals surface area (Å²) in [6, 6.07) is 7.56. The molecule has 2 rings (SSSR count). The average molecular weight is 257 g/mol. The Kier molecular flexibility index (Phi) is 3.12. The van der Waals surface area contributed by atoms with E-state index in [0.29, 0.717) is 16.4 Å². The molecule has 16 heavy (non-hydrogen) atoms. The average Bonchev–Trinajstić information content (AvgIpc) is 2.60. The normalized spacial score (nSPS) is 10.3. The molecule has 0 aliphatic rings. The van der Waals surface area contributed by atoms with Crippen LogP contribution in [0.5, 0.6) is 6.01 Å². The number of nitrogen functional groups attached to an aromatic ring is 1. The molecule has 0 atom stereocenters. The second-order valence-corrected chi connectivity index (χ2v) is 3.92. The predicted molar refractivity (Wildman–Crippen MR) is 63.3 cm³/mol. The van der Waals surface area contributed by atoms with Gasteiger partial charge in [-0.3, -0.25) is 0 Å². The van der Waals surface area contributed by atoms with Crippen molar-refractivity contribution in [2.75, 3.05) is 5.84 Å². The van der Waals surface area contributed by atoms with Crippen LogP contribution in [0.4, 0.5) is 0 Å². The maximum absolute atomic E-state index is 5.76. The summed E-state index contributed by atoms with van der Waals surface area (Å²) >= 11 is 10.6. The number of rotatable bonds is 3. The van der Waals surface area contributed by atoms with E-state index in [1.54, 1.807) is 12.1 Å². The number of hydrogen-bond donors (Lipinski definition) is 2. The SMILES string of the molecule is Nn1c(OCc2ccc(Cl)cc2)n[nH]c1=S. The van der Waals surface area contributed by atoms with E-state index >= 15 is 0 Å². The van der Waals surface area contributed by atoms with E-state index in [0.717, 1.165) is 5.56 Å². The lowest BCUT2D eigenvalue weighted by Gasteiger charge is -2.04. The van der Waals surface area contributed by atoms with Crippen molar-refractivity contribution in [3.05, 3.63) is 39.6 Å². The van der Waals surface area contributed by atoms with Crippen LogP contribution < -0.4 is 10.6 Å². The van der Waals surface area contributed by atoms with Gasteiger partial charge in [-0.15, -0.1) is 5.10 Å². The molecule has 3 N–H and O–H groups in total. The highest BCUT2D eigenvalue weighted by atomic mass is 35.5. The fraction of sp³-hybridized carbons (Fsp3) is 0.111. The lowest BCUT2D eigenvalue weighted by atomic mass is 10.2. The summed E-state index contributed by atoms with van der Waals surface area (Å²) in [5.74, 6) is 5.56. The molecule has 0 fully saturated rings. The Morgan fingerprint density at radius 2 is 2.12 bits per heavy atom. The number of H-pyrrole nitrogens is 1. The Balaban J connectivity index is 2.05. The van der Waals surface area contributed by atoms with Crippen molar-refractivity contribution in [3.8, 4) is 6.01 Å². The van der Waals surface area contributed by atoms with Gasteiger partial charge in [0.25, 0.3) is 0 Å². The van der Waals surface area contributed by atoms with Crippen molar-refractivity contribution >= 4 is 23.8 Å². The van der Waals surface area contributed by atoms with Crippen molar-refractivity contribution < 1.29 is 4.74 Å². The van der Waals surface area contributed by atoms with Gasteiger partial charge in [0.05, 0.1) is 0 Å². The minimum Gasteiger partial charge on any atom is -0.458 e. The summed E-state index contributed by atoms with van der Waals surface area (Å²) in [6.07, 6.45) is 0. The molecule has 7 heteroatoms. The first-order valence-electron chi connectivity index (χ1n) is 4.46. The molecule has 0 aliphatic carbocycles. The van der Waals surface area contributed by atoms with E-state index in [2.05, 4.69) is 10.2 Å². The van der Waals surface area contributed by atoms with Gasteiger partial charge < -0.3 is 10.6 Å². The monoisotopic (exact) mass is 256 g/mol. The fourth-order valence-electron chi connectivity index (χ4n) is 1.12. The minimum absolute atomic E-state index is 0.250. The molecule has 1 aromatic carbocycles. The summed E-state index contributed by atoms with van der Waals surface area (Å²) < 4.78 is 6.85. The Morgan fingerprint density at radius 3 is 2.69 bits per heavy atom. The van der Waals surface area contributed by atoms with E-state index in [4.69, 9.17) is 34.4 Å². The zero-order valence-corrected chi connectivity index (χ0v) is 9.76. The highest BCUT2D eigenvalue weighted by Gasteiger charge is 2.03. The molecular formula is C9H9ClN4OS. The summed E-state index contributed by atoms with van der Waals surface area (Å²) in [7, 11) is 0. The third-order valence-corrected chi connectivity index (χ3v) is 2.49. The number of nitrogens with one attached hydrogen (secondary N) is 1. The van der Waals surface area contributed by atoms with Gasteiger partial charge in [-0.25, -0.2) is 5.10 Å². The van der Waals surface area contributed by atoms with Crippen molar-refractivity contribution in [2.45, 2.75) is 6.61 Å². The van der Waals surface area contributed by atoms with Crippen molar-refractivity contribution in [1.29, 1.82) is 0 Å². The van der Waals surface area contributed by atoms with E-state index in [-0.39, 0.29) is 6.01 Å². The Morgan fingerprint density at radius 1 is 1.44 bits per heavy atom. The number of hydrogen-bond acceptors (Lipinski definition) is 4. The van der Waals surface area contributed by atoms with Crippen LogP contribution in [0.15, 0.2) is 24.3 Å². The summed E-state index contributed by atoms with van der Waals surface area (Å²) in [6.45, 7) is 0.355. The Hall–Kier alpha value is -1.53. The third kappa shape index (κ3) is 2.34. The second-order valence-electron chi connectivity index (χ2n) is 3.10.